The van der Waals surface area contributed by atoms with E-state index in [1.807, 2.05) is 61.7 Å². The number of rotatable bonds is 4. The van der Waals surface area contributed by atoms with E-state index >= 15 is 0 Å². The monoisotopic (exact) mass is 475 g/mol. The first-order chi connectivity index (χ1) is 16.0. The molecule has 0 atom stereocenters. The van der Waals surface area contributed by atoms with Crippen LogP contribution in [0.2, 0.25) is 5.02 Å². The van der Waals surface area contributed by atoms with Crippen molar-refractivity contribution in [1.29, 1.82) is 0 Å². The number of fused-ring (bicyclic) bond motifs is 1. The molecule has 1 N–H and O–H groups in total. The Bertz CT molecular complexity index is 1440. The van der Waals surface area contributed by atoms with Crippen molar-refractivity contribution in [3.8, 4) is 0 Å². The predicted octanol–water partition coefficient (Wildman–Crippen LogP) is 6.68. The molecule has 4 nitrogen and oxygen atoms in total. The minimum atomic E-state index is -0.253. The molecule has 7 heteroatoms. The van der Waals surface area contributed by atoms with Crippen LogP contribution >= 0.6 is 23.4 Å². The molecule has 1 saturated heterocycles. The van der Waals surface area contributed by atoms with Crippen LogP contribution < -0.4 is 5.32 Å². The van der Waals surface area contributed by atoms with E-state index in [2.05, 4.69) is 14.9 Å². The number of benzene rings is 3. The summed E-state index contributed by atoms with van der Waals surface area (Å²) < 4.78 is 15.4. The lowest BCUT2D eigenvalue weighted by Gasteiger charge is -2.05. The first-order valence-corrected chi connectivity index (χ1v) is 11.5. The number of amides is 1. The fourth-order valence-electron chi connectivity index (χ4n) is 3.76. The zero-order valence-corrected chi connectivity index (χ0v) is 19.3. The lowest BCUT2D eigenvalue weighted by Crippen LogP contribution is -2.19. The third-order valence-electron chi connectivity index (χ3n) is 5.48. The number of halogens is 2. The van der Waals surface area contributed by atoms with Crippen LogP contribution in [0.15, 0.2) is 82.8 Å². The molecule has 0 unspecified atom stereocenters. The molecule has 0 aliphatic carbocycles. The van der Waals surface area contributed by atoms with E-state index in [-0.39, 0.29) is 11.7 Å². The van der Waals surface area contributed by atoms with Gasteiger partial charge in [0.05, 0.1) is 10.6 Å². The van der Waals surface area contributed by atoms with Crippen molar-refractivity contribution in [2.45, 2.75) is 13.5 Å². The second kappa shape index (κ2) is 8.89. The van der Waals surface area contributed by atoms with Crippen molar-refractivity contribution in [3.63, 3.8) is 0 Å². The van der Waals surface area contributed by atoms with Gasteiger partial charge in [-0.25, -0.2) is 9.38 Å². The summed E-state index contributed by atoms with van der Waals surface area (Å²) in [7, 11) is 0. The number of amidine groups is 1. The molecular formula is C26H19ClFN3OS. The first kappa shape index (κ1) is 21.5. The van der Waals surface area contributed by atoms with E-state index in [1.165, 1.54) is 23.9 Å². The van der Waals surface area contributed by atoms with Gasteiger partial charge in [0.2, 0.25) is 0 Å². The molecule has 2 heterocycles. The van der Waals surface area contributed by atoms with Gasteiger partial charge in [0.25, 0.3) is 5.91 Å². The summed E-state index contributed by atoms with van der Waals surface area (Å²) in [6.45, 7) is 2.50. The smallest absolute Gasteiger partial charge is 0.264 e. The van der Waals surface area contributed by atoms with Crippen LogP contribution in [0.25, 0.3) is 17.0 Å². The van der Waals surface area contributed by atoms with Gasteiger partial charge in [-0.05, 0) is 66.2 Å². The highest BCUT2D eigenvalue weighted by Gasteiger charge is 2.24. The van der Waals surface area contributed by atoms with Gasteiger partial charge in [-0.1, -0.05) is 48.0 Å². The summed E-state index contributed by atoms with van der Waals surface area (Å²) in [5.74, 6) is -0.440. The van der Waals surface area contributed by atoms with Crippen LogP contribution in [0.5, 0.6) is 0 Å². The third kappa shape index (κ3) is 4.45. The van der Waals surface area contributed by atoms with Crippen LogP contribution in [-0.2, 0) is 11.3 Å². The summed E-state index contributed by atoms with van der Waals surface area (Å²) in [5.41, 5.74) is 4.56. The van der Waals surface area contributed by atoms with Crippen LogP contribution in [-0.4, -0.2) is 15.6 Å². The van der Waals surface area contributed by atoms with E-state index in [0.29, 0.717) is 21.6 Å². The summed E-state index contributed by atoms with van der Waals surface area (Å²) in [5, 5.41) is 5.03. The molecule has 1 aliphatic heterocycles. The number of carbonyl (C=O) groups excluding carboxylic acids is 1. The van der Waals surface area contributed by atoms with E-state index in [9.17, 15) is 9.18 Å². The fraction of sp³-hybridized carbons (Fsp3) is 0.0769. The van der Waals surface area contributed by atoms with Crippen molar-refractivity contribution in [2.75, 3.05) is 0 Å². The zero-order chi connectivity index (χ0) is 22.9. The number of aliphatic imine (C=N–C) groups is 1. The average Bonchev–Trinajstić information content (AvgIpc) is 3.33. The SMILES string of the molecule is Cc1c(Cl)cccc1N=C1NC(=O)/C(=C/c2cn(Cc3ccc(F)cc3)c3ccccc23)S1. The molecule has 0 bridgehead atoms. The van der Waals surface area contributed by atoms with E-state index in [1.54, 1.807) is 12.1 Å². The van der Waals surface area contributed by atoms with Crippen molar-refractivity contribution < 1.29 is 9.18 Å². The number of nitrogens with zero attached hydrogens (tertiary/aromatic N) is 2. The molecule has 0 saturated carbocycles. The Morgan fingerprint density at radius 2 is 1.88 bits per heavy atom. The summed E-state index contributed by atoms with van der Waals surface area (Å²) in [6.07, 6.45) is 3.90. The molecule has 1 amide bonds. The molecule has 1 aromatic heterocycles. The van der Waals surface area contributed by atoms with E-state index < -0.39 is 0 Å². The maximum absolute atomic E-state index is 13.3. The number of aromatic nitrogens is 1. The lowest BCUT2D eigenvalue weighted by atomic mass is 10.1. The second-order valence-electron chi connectivity index (χ2n) is 7.72. The summed E-state index contributed by atoms with van der Waals surface area (Å²) in [4.78, 5) is 17.8. The van der Waals surface area contributed by atoms with Gasteiger partial charge in [-0.15, -0.1) is 0 Å². The minimum absolute atomic E-state index is 0.186. The molecule has 1 fully saturated rings. The highest BCUT2D eigenvalue weighted by molar-refractivity contribution is 8.18. The van der Waals surface area contributed by atoms with Crippen LogP contribution in [0.1, 0.15) is 16.7 Å². The van der Waals surface area contributed by atoms with Gasteiger partial charge in [0, 0.05) is 34.2 Å². The van der Waals surface area contributed by atoms with Gasteiger partial charge in [-0.2, -0.15) is 0 Å². The van der Waals surface area contributed by atoms with Crippen molar-refractivity contribution >= 4 is 57.1 Å². The quantitative estimate of drug-likeness (QED) is 0.334. The molecule has 0 spiro atoms. The standard InChI is InChI=1S/C26H19ClFN3OS/c1-16-21(27)6-4-7-22(16)29-26-30-25(32)24(33-26)13-18-15-31(23-8-3-2-5-20(18)23)14-17-9-11-19(28)12-10-17/h2-13,15H,14H2,1H3,(H,29,30,32)/b24-13-. The number of hydrogen-bond acceptors (Lipinski definition) is 3. The van der Waals surface area contributed by atoms with Crippen molar-refractivity contribution in [2.24, 2.45) is 4.99 Å². The summed E-state index contributed by atoms with van der Waals surface area (Å²) in [6, 6.07) is 20.0. The Balaban J connectivity index is 1.47. The average molecular weight is 476 g/mol. The van der Waals surface area contributed by atoms with E-state index in [0.717, 1.165) is 33.3 Å². The van der Waals surface area contributed by atoms with Gasteiger partial charge >= 0.3 is 0 Å². The molecule has 33 heavy (non-hydrogen) atoms. The molecule has 0 radical (unpaired) electrons. The first-order valence-electron chi connectivity index (χ1n) is 10.3. The Kier molecular flexibility index (Phi) is 5.79. The molecule has 4 aromatic rings. The normalized spacial score (nSPS) is 16.2. The largest absolute Gasteiger partial charge is 0.342 e. The lowest BCUT2D eigenvalue weighted by molar-refractivity contribution is -0.115. The highest BCUT2D eigenvalue weighted by atomic mass is 35.5. The zero-order valence-electron chi connectivity index (χ0n) is 17.7. The van der Waals surface area contributed by atoms with E-state index in [4.69, 9.17) is 11.6 Å². The molecule has 1 aliphatic rings. The van der Waals surface area contributed by atoms with Gasteiger partial charge in [0.15, 0.2) is 5.17 Å². The van der Waals surface area contributed by atoms with Gasteiger partial charge in [0.1, 0.15) is 5.82 Å². The molecule has 5 rings (SSSR count). The van der Waals surface area contributed by atoms with Gasteiger partial charge < -0.3 is 9.88 Å². The van der Waals surface area contributed by atoms with Crippen LogP contribution in [0.3, 0.4) is 0 Å². The number of hydrogen-bond donors (Lipinski definition) is 1. The topological polar surface area (TPSA) is 46.4 Å². The minimum Gasteiger partial charge on any atom is -0.342 e. The maximum atomic E-state index is 13.3. The second-order valence-corrected chi connectivity index (χ2v) is 9.16. The predicted molar refractivity (Wildman–Crippen MR) is 134 cm³/mol. The highest BCUT2D eigenvalue weighted by Crippen LogP contribution is 2.33. The maximum Gasteiger partial charge on any atom is 0.264 e. The van der Waals surface area contributed by atoms with Crippen molar-refractivity contribution in [1.82, 2.24) is 9.88 Å². The Labute approximate surface area is 199 Å². The number of thioether (sulfide) groups is 1. The fourth-order valence-corrected chi connectivity index (χ4v) is 4.75. The third-order valence-corrected chi connectivity index (χ3v) is 6.80. The molecule has 3 aromatic carbocycles. The number of carbonyl (C=O) groups is 1. The number of nitrogens with one attached hydrogen (secondary N) is 1. The molecule has 164 valence electrons. The Morgan fingerprint density at radius 3 is 2.70 bits per heavy atom. The molecular weight excluding hydrogens is 457 g/mol. The van der Waals surface area contributed by atoms with Crippen LogP contribution in [0, 0.1) is 12.7 Å². The summed E-state index contributed by atoms with van der Waals surface area (Å²) >= 11 is 7.49. The van der Waals surface area contributed by atoms with Crippen LogP contribution in [0.4, 0.5) is 10.1 Å². The van der Waals surface area contributed by atoms with Gasteiger partial charge in [-0.3, -0.25) is 4.79 Å². The van der Waals surface area contributed by atoms with Crippen molar-refractivity contribution in [3.05, 3.63) is 105 Å². The Hall–Kier alpha value is -3.35. The number of para-hydroxylation sites is 1. The Morgan fingerprint density at radius 1 is 1.09 bits per heavy atom.